The SMILES string of the molecule is CCc1ccc2cc(C(C)C)cccc1-2.[Na+]. The van der Waals surface area contributed by atoms with Crippen LogP contribution in [0.2, 0.25) is 0 Å². The summed E-state index contributed by atoms with van der Waals surface area (Å²) in [6.45, 7) is 6.70. The van der Waals surface area contributed by atoms with E-state index in [0.29, 0.717) is 5.92 Å². The summed E-state index contributed by atoms with van der Waals surface area (Å²) in [6, 6.07) is 13.4. The molecule has 0 bridgehead atoms. The van der Waals surface area contributed by atoms with Crippen molar-refractivity contribution in [2.45, 2.75) is 33.1 Å². The molecule has 0 heterocycles. The van der Waals surface area contributed by atoms with Crippen molar-refractivity contribution < 1.29 is 29.6 Å². The van der Waals surface area contributed by atoms with E-state index in [9.17, 15) is 0 Å². The molecule has 2 aliphatic carbocycles. The zero-order valence-corrected chi connectivity index (χ0v) is 12.7. The van der Waals surface area contributed by atoms with Gasteiger partial charge in [-0.05, 0) is 34.6 Å². The number of rotatable bonds is 2. The summed E-state index contributed by atoms with van der Waals surface area (Å²) >= 11 is 0. The maximum absolute atomic E-state index is 2.32. The fourth-order valence-electron chi connectivity index (χ4n) is 2.03. The summed E-state index contributed by atoms with van der Waals surface area (Å²) in [5, 5.41) is 0. The third kappa shape index (κ3) is 2.68. The van der Waals surface area contributed by atoms with Gasteiger partial charge in [0.05, 0.1) is 0 Å². The van der Waals surface area contributed by atoms with Crippen molar-refractivity contribution in [2.75, 3.05) is 0 Å². The Morgan fingerprint density at radius 2 is 1.81 bits per heavy atom. The van der Waals surface area contributed by atoms with E-state index in [1.54, 1.807) is 0 Å². The van der Waals surface area contributed by atoms with Crippen LogP contribution < -0.4 is 29.6 Å². The van der Waals surface area contributed by atoms with Gasteiger partial charge < -0.3 is 0 Å². The van der Waals surface area contributed by atoms with E-state index >= 15 is 0 Å². The molecule has 0 amide bonds. The molecule has 0 saturated heterocycles. The molecule has 0 saturated carbocycles. The Morgan fingerprint density at radius 1 is 1.06 bits per heavy atom. The second kappa shape index (κ2) is 5.86. The van der Waals surface area contributed by atoms with E-state index < -0.39 is 0 Å². The van der Waals surface area contributed by atoms with Gasteiger partial charge >= 0.3 is 29.6 Å². The van der Waals surface area contributed by atoms with E-state index in [1.807, 2.05) is 0 Å². The van der Waals surface area contributed by atoms with Gasteiger partial charge in [-0.3, -0.25) is 0 Å². The Bertz CT molecular complexity index is 432. The fraction of sp³-hybridized carbons (Fsp3) is 0.333. The molecule has 0 unspecified atom stereocenters. The van der Waals surface area contributed by atoms with E-state index in [0.717, 1.165) is 6.42 Å². The van der Waals surface area contributed by atoms with E-state index in [4.69, 9.17) is 0 Å². The normalized spacial score (nSPS) is 10.5. The maximum Gasteiger partial charge on any atom is 1.00 e. The molecule has 0 atom stereocenters. The molecular weight excluding hydrogens is 203 g/mol. The summed E-state index contributed by atoms with van der Waals surface area (Å²) in [5.74, 6) is 0.598. The number of hydrogen-bond donors (Lipinski definition) is 0. The van der Waals surface area contributed by atoms with E-state index in [1.165, 1.54) is 22.3 Å². The quantitative estimate of drug-likeness (QED) is 0.674. The summed E-state index contributed by atoms with van der Waals surface area (Å²) < 4.78 is 0. The maximum atomic E-state index is 2.32. The van der Waals surface area contributed by atoms with Gasteiger partial charge in [-0.1, -0.05) is 57.2 Å². The average molecular weight is 221 g/mol. The summed E-state index contributed by atoms with van der Waals surface area (Å²) in [5.41, 5.74) is 5.65. The number of fused-ring (bicyclic) bond motifs is 1. The minimum atomic E-state index is 0. The molecule has 1 heteroatoms. The van der Waals surface area contributed by atoms with Crippen LogP contribution in [0.25, 0.3) is 11.1 Å². The van der Waals surface area contributed by atoms with Crippen LogP contribution in [0.15, 0.2) is 36.4 Å². The topological polar surface area (TPSA) is 0 Å². The van der Waals surface area contributed by atoms with Crippen LogP contribution in [0.3, 0.4) is 0 Å². The van der Waals surface area contributed by atoms with Crippen molar-refractivity contribution >= 4 is 0 Å². The average Bonchev–Trinajstić information content (AvgIpc) is 2.46. The van der Waals surface area contributed by atoms with Crippen molar-refractivity contribution in [3.8, 4) is 11.1 Å². The van der Waals surface area contributed by atoms with Gasteiger partial charge in [0.1, 0.15) is 0 Å². The standard InChI is InChI=1S/C15H18.Na/c1-4-12-8-9-14-10-13(11(2)3)6-5-7-15(12)14;/h5-11H,4H2,1-3H3;/q;+1. The minimum Gasteiger partial charge on any atom is -0.0614 e. The molecule has 0 aromatic heterocycles. The molecule has 0 N–H and O–H groups in total. The zero-order valence-electron chi connectivity index (χ0n) is 10.7. The Kier molecular flexibility index (Phi) is 5.04. The summed E-state index contributed by atoms with van der Waals surface area (Å²) in [6.07, 6.45) is 1.12. The molecule has 0 aromatic carbocycles. The first-order chi connectivity index (χ1) is 7.22. The minimum absolute atomic E-state index is 0. The third-order valence-electron chi connectivity index (χ3n) is 3.04. The van der Waals surface area contributed by atoms with Crippen LogP contribution in [-0.2, 0) is 6.42 Å². The van der Waals surface area contributed by atoms with Crippen molar-refractivity contribution in [3.05, 3.63) is 47.5 Å². The van der Waals surface area contributed by atoms with Crippen molar-refractivity contribution in [1.82, 2.24) is 0 Å². The van der Waals surface area contributed by atoms with E-state index in [-0.39, 0.29) is 29.6 Å². The predicted octanol–water partition coefficient (Wildman–Crippen LogP) is 1.48. The second-order valence-electron chi connectivity index (χ2n) is 4.41. The van der Waals surface area contributed by atoms with Crippen LogP contribution in [0.1, 0.15) is 37.8 Å². The van der Waals surface area contributed by atoms with Crippen LogP contribution in [0.4, 0.5) is 0 Å². The Morgan fingerprint density at radius 3 is 2.44 bits per heavy atom. The molecule has 0 spiro atoms. The molecule has 2 aliphatic rings. The molecule has 16 heavy (non-hydrogen) atoms. The molecular formula is C15H18Na+. The Hall–Kier alpha value is -0.300. The molecule has 0 radical (unpaired) electrons. The molecule has 0 aliphatic heterocycles. The van der Waals surface area contributed by atoms with Crippen LogP contribution in [-0.4, -0.2) is 0 Å². The van der Waals surface area contributed by atoms with Crippen molar-refractivity contribution in [2.24, 2.45) is 0 Å². The number of hydrogen-bond acceptors (Lipinski definition) is 0. The van der Waals surface area contributed by atoms with Gasteiger partial charge in [0.2, 0.25) is 0 Å². The van der Waals surface area contributed by atoms with Gasteiger partial charge in [-0.25, -0.2) is 0 Å². The van der Waals surface area contributed by atoms with Crippen LogP contribution in [0, 0.1) is 0 Å². The second-order valence-corrected chi connectivity index (χ2v) is 4.41. The Labute approximate surface area is 121 Å². The van der Waals surface area contributed by atoms with E-state index in [2.05, 4.69) is 57.2 Å². The first-order valence-electron chi connectivity index (χ1n) is 5.74. The zero-order chi connectivity index (χ0) is 10.8. The molecule has 0 aromatic rings. The summed E-state index contributed by atoms with van der Waals surface area (Å²) in [4.78, 5) is 0. The van der Waals surface area contributed by atoms with Gasteiger partial charge in [-0.15, -0.1) is 0 Å². The molecule has 78 valence electrons. The monoisotopic (exact) mass is 221 g/mol. The van der Waals surface area contributed by atoms with Crippen LogP contribution >= 0.6 is 0 Å². The fourth-order valence-corrected chi connectivity index (χ4v) is 2.03. The Balaban J connectivity index is 0.00000128. The molecule has 0 fully saturated rings. The number of aryl methyl sites for hydroxylation is 1. The van der Waals surface area contributed by atoms with Gasteiger partial charge in [0.25, 0.3) is 0 Å². The first-order valence-corrected chi connectivity index (χ1v) is 5.74. The summed E-state index contributed by atoms with van der Waals surface area (Å²) in [7, 11) is 0. The molecule has 0 nitrogen and oxygen atoms in total. The van der Waals surface area contributed by atoms with Gasteiger partial charge in [0, 0.05) is 0 Å². The van der Waals surface area contributed by atoms with Crippen LogP contribution in [0.5, 0.6) is 0 Å². The van der Waals surface area contributed by atoms with Crippen molar-refractivity contribution in [1.29, 1.82) is 0 Å². The van der Waals surface area contributed by atoms with Crippen molar-refractivity contribution in [3.63, 3.8) is 0 Å². The third-order valence-corrected chi connectivity index (χ3v) is 3.04. The smallest absolute Gasteiger partial charge is 0.0614 e. The first kappa shape index (κ1) is 13.8. The predicted molar refractivity (Wildman–Crippen MR) is 66.5 cm³/mol. The van der Waals surface area contributed by atoms with Gasteiger partial charge in [-0.2, -0.15) is 0 Å². The van der Waals surface area contributed by atoms with Gasteiger partial charge in [0.15, 0.2) is 0 Å². The largest absolute Gasteiger partial charge is 1.00 e. The molecule has 2 rings (SSSR count).